The van der Waals surface area contributed by atoms with E-state index < -0.39 is 30.2 Å². The van der Waals surface area contributed by atoms with E-state index in [4.69, 9.17) is 18.9 Å². The maximum Gasteiger partial charge on any atom is 0.167 e. The Bertz CT molecular complexity index is 1770. The molecule has 45 heavy (non-hydrogen) atoms. The summed E-state index contributed by atoms with van der Waals surface area (Å²) < 4.78 is 24.2. The van der Waals surface area contributed by atoms with E-state index in [1.807, 2.05) is 43.0 Å². The Balaban J connectivity index is 1.72. The highest BCUT2D eigenvalue weighted by Crippen LogP contribution is 2.60. The number of hydrogen-bond acceptors (Lipinski definition) is 10. The van der Waals surface area contributed by atoms with Crippen LogP contribution in [-0.4, -0.2) is 73.1 Å². The number of piperazine rings is 1. The topological polar surface area (TPSA) is 131 Å². The summed E-state index contributed by atoms with van der Waals surface area (Å²) in [7, 11) is 6.21. The van der Waals surface area contributed by atoms with Gasteiger partial charge in [-0.3, -0.25) is 9.80 Å². The van der Waals surface area contributed by atoms with Crippen LogP contribution < -0.4 is 18.9 Å². The Labute approximate surface area is 271 Å². The van der Waals surface area contributed by atoms with E-state index in [0.29, 0.717) is 58.1 Å². The number of fused-ring (bicyclic) bond motifs is 7. The highest BCUT2D eigenvalue weighted by Gasteiger charge is 2.58. The molecule has 0 aliphatic carbocycles. The minimum Gasteiger partial charge on any atom is -0.504 e. The van der Waals surface area contributed by atoms with E-state index >= 15 is 0 Å². The van der Waals surface area contributed by atoms with Crippen molar-refractivity contribution < 1.29 is 29.2 Å². The van der Waals surface area contributed by atoms with Gasteiger partial charge in [-0.25, -0.2) is 0 Å². The first kappa shape index (κ1) is 30.8. The molecule has 0 aromatic heterocycles. The number of nitriles is 2. The van der Waals surface area contributed by atoms with Gasteiger partial charge < -0.3 is 29.2 Å². The van der Waals surface area contributed by atoms with E-state index in [0.717, 1.165) is 21.2 Å². The first-order valence-electron chi connectivity index (χ1n) is 14.7. The van der Waals surface area contributed by atoms with E-state index in [-0.39, 0.29) is 18.0 Å². The smallest absolute Gasteiger partial charge is 0.167 e. The van der Waals surface area contributed by atoms with Crippen LogP contribution in [-0.2, 0) is 12.8 Å². The summed E-state index contributed by atoms with van der Waals surface area (Å²) in [4.78, 5) is 4.20. The lowest BCUT2D eigenvalue weighted by Gasteiger charge is -2.60. The first-order chi connectivity index (χ1) is 21.7. The molecule has 2 bridgehead atoms. The molecule has 11 heteroatoms. The van der Waals surface area contributed by atoms with Crippen LogP contribution in [0.5, 0.6) is 34.5 Å². The van der Waals surface area contributed by atoms with Crippen molar-refractivity contribution >= 4 is 15.9 Å². The summed E-state index contributed by atoms with van der Waals surface area (Å²) in [5, 5.41) is 44.7. The molecule has 0 radical (unpaired) electrons. The molecule has 6 rings (SSSR count). The number of halogens is 1. The minimum atomic E-state index is -0.693. The van der Waals surface area contributed by atoms with Crippen molar-refractivity contribution in [2.24, 2.45) is 0 Å². The largest absolute Gasteiger partial charge is 0.504 e. The van der Waals surface area contributed by atoms with Crippen LogP contribution >= 0.6 is 15.9 Å². The number of phenolic OH excluding ortho intramolecular Hbond substituents is 2. The number of hydrogen-bond donors (Lipinski definition) is 2. The van der Waals surface area contributed by atoms with Crippen molar-refractivity contribution in [3.63, 3.8) is 0 Å². The van der Waals surface area contributed by atoms with Crippen molar-refractivity contribution in [1.29, 1.82) is 10.5 Å². The zero-order valence-corrected chi connectivity index (χ0v) is 27.6. The first-order valence-corrected chi connectivity index (χ1v) is 15.5. The SMILES string of the molecule is COc1c(C)c(OC)c2c(c1O)[C@H](c1ccc(Br)cc1)N1[C@@H](C#N)[C@@H]3Cc4c(OC)c(C)c(OC)c(O)c4[C@H]([C@@H]1C2)N3CC#N. The molecule has 3 heterocycles. The molecular weight excluding hydrogens is 640 g/mol. The van der Waals surface area contributed by atoms with Gasteiger partial charge in [-0.05, 0) is 44.4 Å². The Morgan fingerprint density at radius 3 is 1.82 bits per heavy atom. The Morgan fingerprint density at radius 2 is 1.31 bits per heavy atom. The molecule has 3 aromatic carbocycles. The van der Waals surface area contributed by atoms with Gasteiger partial charge in [0.05, 0.1) is 59.2 Å². The molecule has 3 aromatic rings. The molecule has 3 aliphatic heterocycles. The predicted molar refractivity (Wildman–Crippen MR) is 169 cm³/mol. The molecular formula is C34H35BrN4O6. The molecule has 0 unspecified atom stereocenters. The molecule has 1 fully saturated rings. The quantitative estimate of drug-likeness (QED) is 0.335. The molecule has 0 saturated carbocycles. The minimum absolute atomic E-state index is 0.000632. The van der Waals surface area contributed by atoms with Crippen LogP contribution in [0, 0.1) is 36.5 Å². The summed E-state index contributed by atoms with van der Waals surface area (Å²) in [6.07, 6.45) is 0.724. The number of ether oxygens (including phenoxy) is 4. The van der Waals surface area contributed by atoms with Crippen LogP contribution in [0.15, 0.2) is 28.7 Å². The van der Waals surface area contributed by atoms with Gasteiger partial charge in [0.2, 0.25) is 0 Å². The summed E-state index contributed by atoms with van der Waals surface area (Å²) in [6.45, 7) is 3.73. The van der Waals surface area contributed by atoms with Gasteiger partial charge in [-0.15, -0.1) is 0 Å². The van der Waals surface area contributed by atoms with Crippen LogP contribution in [0.3, 0.4) is 0 Å². The van der Waals surface area contributed by atoms with Gasteiger partial charge in [-0.2, -0.15) is 10.5 Å². The van der Waals surface area contributed by atoms with Crippen LogP contribution in [0.4, 0.5) is 0 Å². The van der Waals surface area contributed by atoms with Crippen molar-refractivity contribution in [2.75, 3.05) is 35.0 Å². The fourth-order valence-electron chi connectivity index (χ4n) is 8.19. The molecule has 0 spiro atoms. The summed E-state index contributed by atoms with van der Waals surface area (Å²) >= 11 is 3.54. The van der Waals surface area contributed by atoms with E-state index in [1.165, 1.54) is 14.2 Å². The average molecular weight is 676 g/mol. The lowest BCUT2D eigenvalue weighted by atomic mass is 9.70. The monoisotopic (exact) mass is 674 g/mol. The molecule has 234 valence electrons. The Morgan fingerprint density at radius 1 is 0.800 bits per heavy atom. The second-order valence-corrected chi connectivity index (χ2v) is 12.6. The van der Waals surface area contributed by atoms with E-state index in [1.54, 1.807) is 14.2 Å². The van der Waals surface area contributed by atoms with Crippen LogP contribution in [0.1, 0.15) is 51.0 Å². The molecule has 5 atom stereocenters. The van der Waals surface area contributed by atoms with E-state index in [9.17, 15) is 20.7 Å². The van der Waals surface area contributed by atoms with Crippen molar-refractivity contribution in [1.82, 2.24) is 9.80 Å². The summed E-state index contributed by atoms with van der Waals surface area (Å²) in [6, 6.07) is 10.1. The van der Waals surface area contributed by atoms with Gasteiger partial charge in [0.1, 0.15) is 17.5 Å². The zero-order valence-electron chi connectivity index (χ0n) is 26.0. The van der Waals surface area contributed by atoms with Crippen molar-refractivity contribution in [3.8, 4) is 46.6 Å². The molecule has 10 nitrogen and oxygen atoms in total. The third-order valence-electron chi connectivity index (χ3n) is 9.80. The molecule has 0 amide bonds. The molecule has 2 N–H and O–H groups in total. The lowest BCUT2D eigenvalue weighted by molar-refractivity contribution is -0.0717. The van der Waals surface area contributed by atoms with Crippen molar-refractivity contribution in [3.05, 3.63) is 67.7 Å². The van der Waals surface area contributed by atoms with Gasteiger partial charge in [-0.1, -0.05) is 28.1 Å². The number of nitrogens with zero attached hydrogens (tertiary/aromatic N) is 4. The second-order valence-electron chi connectivity index (χ2n) is 11.7. The van der Waals surface area contributed by atoms with Gasteiger partial charge in [0.25, 0.3) is 0 Å². The predicted octanol–water partition coefficient (Wildman–Crippen LogP) is 5.23. The second kappa shape index (κ2) is 11.6. The number of phenols is 2. The lowest BCUT2D eigenvalue weighted by Crippen LogP contribution is -2.69. The average Bonchev–Trinajstić information content (AvgIpc) is 3.02. The Hall–Kier alpha value is -4.16. The number of benzene rings is 3. The van der Waals surface area contributed by atoms with Gasteiger partial charge in [0, 0.05) is 49.9 Å². The normalized spacial score (nSPS) is 23.5. The molecule has 3 aliphatic rings. The van der Waals surface area contributed by atoms with Crippen LogP contribution in [0.2, 0.25) is 0 Å². The number of rotatable bonds is 6. The van der Waals surface area contributed by atoms with E-state index in [2.05, 4.69) is 33.0 Å². The maximum atomic E-state index is 11.9. The fourth-order valence-corrected chi connectivity index (χ4v) is 8.46. The molecule has 1 saturated heterocycles. The summed E-state index contributed by atoms with van der Waals surface area (Å²) in [5.74, 6) is 1.82. The highest BCUT2D eigenvalue weighted by atomic mass is 79.9. The van der Waals surface area contributed by atoms with Gasteiger partial charge in [0.15, 0.2) is 23.0 Å². The van der Waals surface area contributed by atoms with Crippen LogP contribution in [0.25, 0.3) is 0 Å². The van der Waals surface area contributed by atoms with Crippen molar-refractivity contribution in [2.45, 2.75) is 56.9 Å². The number of methoxy groups -OCH3 is 4. The fraction of sp³-hybridized carbons (Fsp3) is 0.412. The standard InChI is InChI=1S/C34H35BrN4O6/c1-16-31(42-3)20-13-22-24(15-37)39-23(28(38(22)12-11-36)26(20)30(41)34(16)45-6)14-21-25(27(39)18-7-9-19(35)10-8-18)29(40)33(44-5)17(2)32(21)43-4/h7-10,22-24,27-28,40-41H,12-14H2,1-6H3/t22-,23-,24-,27-,28-/m0/s1. The maximum absolute atomic E-state index is 11.9. The zero-order chi connectivity index (χ0) is 32.3. The van der Waals surface area contributed by atoms with Gasteiger partial charge >= 0.3 is 0 Å². The summed E-state index contributed by atoms with van der Waals surface area (Å²) in [5.41, 5.74) is 5.02. The Kier molecular flexibility index (Phi) is 7.98. The number of aromatic hydroxyl groups is 2. The third kappa shape index (κ3) is 4.33. The third-order valence-corrected chi connectivity index (χ3v) is 10.3. The highest BCUT2D eigenvalue weighted by molar-refractivity contribution is 9.10.